The summed E-state index contributed by atoms with van der Waals surface area (Å²) in [6, 6.07) is 0. The summed E-state index contributed by atoms with van der Waals surface area (Å²) in [7, 11) is 0. The zero-order valence-electron chi connectivity index (χ0n) is 5.74. The number of hydrogen-bond donors (Lipinski definition) is 0. The van der Waals surface area contributed by atoms with Crippen molar-refractivity contribution in [3.8, 4) is 0 Å². The lowest BCUT2D eigenvalue weighted by atomic mass is 10.3. The van der Waals surface area contributed by atoms with Gasteiger partial charge in [-0.05, 0) is 13.6 Å². The van der Waals surface area contributed by atoms with E-state index in [2.05, 4.69) is 16.7 Å². The largest absolute Gasteiger partial charge is 0.470 e. The Labute approximate surface area is 59.1 Å². The van der Waals surface area contributed by atoms with Crippen molar-refractivity contribution in [1.29, 1.82) is 0 Å². The minimum absolute atomic E-state index is 0.799. The lowest BCUT2D eigenvalue weighted by molar-refractivity contribution is 0.566. The van der Waals surface area contributed by atoms with Gasteiger partial charge < -0.3 is 4.42 Å². The van der Waals surface area contributed by atoms with Gasteiger partial charge in [-0.3, -0.25) is 4.99 Å². The normalized spacial score (nSPS) is 10.5. The van der Waals surface area contributed by atoms with E-state index < -0.39 is 0 Å². The molecule has 0 bridgehead atoms. The number of aryl methyl sites for hydroxylation is 1. The summed E-state index contributed by atoms with van der Waals surface area (Å²) >= 11 is 0. The summed E-state index contributed by atoms with van der Waals surface area (Å²) in [5, 5.41) is 0. The molecule has 0 aliphatic carbocycles. The van der Waals surface area contributed by atoms with E-state index in [-0.39, 0.29) is 0 Å². The maximum Gasteiger partial charge on any atom is 0.116 e. The molecule has 0 aliphatic rings. The van der Waals surface area contributed by atoms with Crippen molar-refractivity contribution in [2.45, 2.75) is 6.92 Å². The Morgan fingerprint density at radius 3 is 2.90 bits per heavy atom. The zero-order valence-corrected chi connectivity index (χ0v) is 5.74. The Balaban J connectivity index is 2.83. The fourth-order valence-corrected chi connectivity index (χ4v) is 0.589. The third-order valence-corrected chi connectivity index (χ3v) is 1.11. The van der Waals surface area contributed by atoms with Crippen LogP contribution in [0.25, 0.3) is 0 Å². The van der Waals surface area contributed by atoms with Gasteiger partial charge in [-0.15, -0.1) is 0 Å². The van der Waals surface area contributed by atoms with Crippen LogP contribution in [0.2, 0.25) is 0 Å². The molecule has 0 amide bonds. The molecule has 0 spiro atoms. The number of hydrogen-bond acceptors (Lipinski definition) is 2. The van der Waals surface area contributed by atoms with Crippen LogP contribution >= 0.6 is 0 Å². The molecule has 0 fully saturated rings. The summed E-state index contributed by atoms with van der Waals surface area (Å²) in [5.74, 6) is 0. The first-order chi connectivity index (χ1) is 4.84. The smallest absolute Gasteiger partial charge is 0.116 e. The first-order valence-electron chi connectivity index (χ1n) is 2.85. The highest BCUT2D eigenvalue weighted by Crippen LogP contribution is 2.17. The van der Waals surface area contributed by atoms with Crippen molar-refractivity contribution in [2.75, 3.05) is 0 Å². The van der Waals surface area contributed by atoms with Gasteiger partial charge in [0.25, 0.3) is 0 Å². The summed E-state index contributed by atoms with van der Waals surface area (Å²) in [6.07, 6.45) is 4.59. The number of rotatable bonds is 2. The fourth-order valence-electron chi connectivity index (χ4n) is 0.589. The third kappa shape index (κ3) is 1.31. The maximum atomic E-state index is 4.87. The van der Waals surface area contributed by atoms with E-state index in [0.717, 1.165) is 11.3 Å². The monoisotopic (exact) mass is 136 g/mol. The number of furan rings is 1. The quantitative estimate of drug-likeness (QED) is 0.452. The molecule has 3 heteroatoms. The van der Waals surface area contributed by atoms with Gasteiger partial charge in [-0.1, -0.05) is 0 Å². The topological polar surface area (TPSA) is 37.9 Å². The van der Waals surface area contributed by atoms with Crippen molar-refractivity contribution in [2.24, 2.45) is 9.98 Å². The van der Waals surface area contributed by atoms with Gasteiger partial charge in [-0.25, -0.2) is 4.99 Å². The molecule has 1 rings (SSSR count). The van der Waals surface area contributed by atoms with Crippen LogP contribution in [0, 0.1) is 6.92 Å². The second-order valence-electron chi connectivity index (χ2n) is 1.87. The Morgan fingerprint density at radius 1 is 1.60 bits per heavy atom. The van der Waals surface area contributed by atoms with Gasteiger partial charge in [0.2, 0.25) is 0 Å². The Kier molecular flexibility index (Phi) is 1.99. The minimum atomic E-state index is 0.799. The van der Waals surface area contributed by atoms with Crippen molar-refractivity contribution >= 4 is 18.7 Å². The van der Waals surface area contributed by atoms with Crippen LogP contribution < -0.4 is 0 Å². The van der Waals surface area contributed by atoms with Crippen molar-refractivity contribution in [3.63, 3.8) is 0 Å². The molecule has 0 unspecified atom stereocenters. The molecule has 0 N–H and O–H groups in total. The molecular weight excluding hydrogens is 128 g/mol. The van der Waals surface area contributed by atoms with Crippen molar-refractivity contribution in [1.82, 2.24) is 0 Å². The van der Waals surface area contributed by atoms with Crippen molar-refractivity contribution < 1.29 is 4.42 Å². The van der Waals surface area contributed by atoms with Gasteiger partial charge >= 0.3 is 0 Å². The average molecular weight is 136 g/mol. The lowest BCUT2D eigenvalue weighted by Gasteiger charge is -1.82. The van der Waals surface area contributed by atoms with Crippen LogP contribution in [0.3, 0.4) is 0 Å². The van der Waals surface area contributed by atoms with Crippen LogP contribution in [-0.2, 0) is 0 Å². The van der Waals surface area contributed by atoms with E-state index in [9.17, 15) is 0 Å². The average Bonchev–Trinajstić information content (AvgIpc) is 2.31. The molecule has 0 atom stereocenters. The highest BCUT2D eigenvalue weighted by molar-refractivity contribution is 5.66. The SMILES string of the molecule is C=N/C=N\c1cocc1C. The molecule has 0 aliphatic heterocycles. The van der Waals surface area contributed by atoms with Gasteiger partial charge in [0.15, 0.2) is 0 Å². The molecule has 1 aromatic heterocycles. The van der Waals surface area contributed by atoms with E-state index in [0.29, 0.717) is 0 Å². The lowest BCUT2D eigenvalue weighted by Crippen LogP contribution is -1.64. The first kappa shape index (κ1) is 6.74. The summed E-state index contributed by atoms with van der Waals surface area (Å²) in [4.78, 5) is 7.40. The molecule has 1 heterocycles. The van der Waals surface area contributed by atoms with Crippen LogP contribution in [0.5, 0.6) is 0 Å². The van der Waals surface area contributed by atoms with E-state index in [4.69, 9.17) is 4.42 Å². The van der Waals surface area contributed by atoms with Crippen LogP contribution in [0.15, 0.2) is 26.9 Å². The maximum absolute atomic E-state index is 4.87. The second kappa shape index (κ2) is 2.96. The van der Waals surface area contributed by atoms with Gasteiger partial charge in [0.1, 0.15) is 18.3 Å². The highest BCUT2D eigenvalue weighted by atomic mass is 16.3. The van der Waals surface area contributed by atoms with E-state index in [1.807, 2.05) is 6.92 Å². The van der Waals surface area contributed by atoms with E-state index in [1.165, 1.54) is 6.34 Å². The Bertz CT molecular complexity index is 250. The van der Waals surface area contributed by atoms with Gasteiger partial charge in [-0.2, -0.15) is 0 Å². The van der Waals surface area contributed by atoms with Crippen molar-refractivity contribution in [3.05, 3.63) is 18.1 Å². The molecule has 10 heavy (non-hydrogen) atoms. The molecule has 3 nitrogen and oxygen atoms in total. The van der Waals surface area contributed by atoms with E-state index in [1.54, 1.807) is 12.5 Å². The highest BCUT2D eigenvalue weighted by Gasteiger charge is 1.94. The number of aliphatic imine (C=N–C) groups is 2. The van der Waals surface area contributed by atoms with Gasteiger partial charge in [0.05, 0.1) is 6.26 Å². The summed E-state index contributed by atoms with van der Waals surface area (Å²) in [6.45, 7) is 5.18. The van der Waals surface area contributed by atoms with E-state index >= 15 is 0 Å². The number of nitrogens with zero attached hydrogens (tertiary/aromatic N) is 2. The predicted octanol–water partition coefficient (Wildman–Crippen LogP) is 1.95. The summed E-state index contributed by atoms with van der Waals surface area (Å²) in [5.41, 5.74) is 1.80. The van der Waals surface area contributed by atoms with Gasteiger partial charge in [0, 0.05) is 5.56 Å². The molecule has 0 saturated heterocycles. The third-order valence-electron chi connectivity index (χ3n) is 1.11. The fraction of sp³-hybridized carbons (Fsp3) is 0.143. The molecule has 52 valence electrons. The standard InChI is InChI=1S/C7H8N2O/c1-6-3-10-4-7(6)9-5-8-2/h3-5H,2H2,1H3/b9-5-. The van der Waals surface area contributed by atoms with Crippen LogP contribution in [-0.4, -0.2) is 13.1 Å². The molecule has 0 aromatic carbocycles. The molecule has 1 aromatic rings. The Morgan fingerprint density at radius 2 is 2.40 bits per heavy atom. The molecular formula is C7H8N2O. The molecule has 0 radical (unpaired) electrons. The first-order valence-corrected chi connectivity index (χ1v) is 2.85. The summed E-state index contributed by atoms with van der Waals surface area (Å²) < 4.78 is 4.87. The molecule has 0 saturated carbocycles. The zero-order chi connectivity index (χ0) is 7.40. The predicted molar refractivity (Wildman–Crippen MR) is 41.1 cm³/mol. The Hall–Kier alpha value is -1.38. The van der Waals surface area contributed by atoms with Crippen LogP contribution in [0.1, 0.15) is 5.56 Å². The minimum Gasteiger partial charge on any atom is -0.470 e. The second-order valence-corrected chi connectivity index (χ2v) is 1.87. The van der Waals surface area contributed by atoms with Crippen LogP contribution in [0.4, 0.5) is 5.69 Å².